The Hall–Kier alpha value is -1.56. The van der Waals surface area contributed by atoms with Gasteiger partial charge in [-0.25, -0.2) is 17.9 Å². The summed E-state index contributed by atoms with van der Waals surface area (Å²) in [4.78, 5) is 11.7. The Morgan fingerprint density at radius 3 is 2.45 bits per heavy atom. The van der Waals surface area contributed by atoms with E-state index in [0.717, 1.165) is 24.8 Å². The number of hydrogen-bond donors (Lipinski definition) is 2. The zero-order chi connectivity index (χ0) is 16.4. The predicted octanol–water partition coefficient (Wildman–Crippen LogP) is 3.81. The van der Waals surface area contributed by atoms with Crippen LogP contribution in [-0.4, -0.2) is 20.2 Å². The second-order valence-electron chi connectivity index (χ2n) is 5.51. The van der Waals surface area contributed by atoms with Crippen molar-refractivity contribution in [3.63, 3.8) is 0 Å². The Morgan fingerprint density at radius 1 is 1.09 bits per heavy atom. The number of unbranched alkanes of at least 4 members (excludes halogenated alkanes) is 5. The minimum Gasteiger partial charge on any atom is -0.307 e. The fourth-order valence-corrected chi connectivity index (χ4v) is 3.16. The molecule has 0 aliphatic heterocycles. The van der Waals surface area contributed by atoms with Crippen LogP contribution in [0, 0.1) is 6.92 Å². The highest BCUT2D eigenvalue weighted by Crippen LogP contribution is 2.09. The number of benzene rings is 1. The van der Waals surface area contributed by atoms with Gasteiger partial charge in [0.1, 0.15) is 0 Å². The first-order valence-corrected chi connectivity index (χ1v) is 9.46. The van der Waals surface area contributed by atoms with Gasteiger partial charge in [-0.3, -0.25) is 0 Å². The molecule has 0 aromatic heterocycles. The van der Waals surface area contributed by atoms with Crippen molar-refractivity contribution in [2.45, 2.75) is 52.4 Å². The Kier molecular flexibility index (Phi) is 7.95. The van der Waals surface area contributed by atoms with Crippen LogP contribution in [0.4, 0.5) is 10.5 Å². The van der Waals surface area contributed by atoms with Crippen LogP contribution in [0.5, 0.6) is 0 Å². The number of amides is 2. The van der Waals surface area contributed by atoms with E-state index in [2.05, 4.69) is 12.2 Å². The van der Waals surface area contributed by atoms with Crippen LogP contribution >= 0.6 is 0 Å². The summed E-state index contributed by atoms with van der Waals surface area (Å²) in [5.74, 6) is -0.0135. The average molecular weight is 326 g/mol. The third-order valence-electron chi connectivity index (χ3n) is 3.29. The van der Waals surface area contributed by atoms with Crippen molar-refractivity contribution in [2.24, 2.45) is 0 Å². The maximum Gasteiger partial charge on any atom is 0.332 e. The molecule has 1 aromatic carbocycles. The molecule has 0 spiro atoms. The molecule has 0 heterocycles. The van der Waals surface area contributed by atoms with E-state index in [-0.39, 0.29) is 5.75 Å². The Balaban J connectivity index is 2.32. The number of carbonyl (C=O) groups excluding carboxylic acids is 1. The van der Waals surface area contributed by atoms with Crippen molar-refractivity contribution in [1.29, 1.82) is 0 Å². The van der Waals surface area contributed by atoms with Gasteiger partial charge in [0.25, 0.3) is 0 Å². The first-order valence-electron chi connectivity index (χ1n) is 7.81. The largest absolute Gasteiger partial charge is 0.332 e. The monoisotopic (exact) mass is 326 g/mol. The molecular weight excluding hydrogens is 300 g/mol. The van der Waals surface area contributed by atoms with Crippen molar-refractivity contribution >= 4 is 21.7 Å². The summed E-state index contributed by atoms with van der Waals surface area (Å²) in [5, 5.41) is 2.53. The summed E-state index contributed by atoms with van der Waals surface area (Å²) in [6.45, 7) is 4.04. The highest BCUT2D eigenvalue weighted by molar-refractivity contribution is 7.90. The average Bonchev–Trinajstić information content (AvgIpc) is 2.42. The van der Waals surface area contributed by atoms with Crippen LogP contribution in [0.1, 0.15) is 51.0 Å². The molecule has 0 aliphatic rings. The van der Waals surface area contributed by atoms with E-state index in [9.17, 15) is 13.2 Å². The lowest BCUT2D eigenvalue weighted by Gasteiger charge is -2.09. The Morgan fingerprint density at radius 2 is 1.77 bits per heavy atom. The van der Waals surface area contributed by atoms with Crippen LogP contribution in [0.25, 0.3) is 0 Å². The van der Waals surface area contributed by atoms with Crippen molar-refractivity contribution in [1.82, 2.24) is 4.72 Å². The van der Waals surface area contributed by atoms with Gasteiger partial charge in [-0.15, -0.1) is 0 Å². The van der Waals surface area contributed by atoms with Crippen molar-refractivity contribution < 1.29 is 13.2 Å². The number of aryl methyl sites for hydroxylation is 1. The number of anilines is 1. The summed E-state index contributed by atoms with van der Waals surface area (Å²) in [6.07, 6.45) is 5.98. The summed E-state index contributed by atoms with van der Waals surface area (Å²) >= 11 is 0. The molecule has 0 unspecified atom stereocenters. The van der Waals surface area contributed by atoms with Gasteiger partial charge in [-0.05, 0) is 31.0 Å². The standard InChI is InChI=1S/C16H26N2O3S/c1-3-4-5-6-7-8-12-22(20,21)18-16(19)17-15-11-9-10-14(2)13-15/h9-11,13H,3-8,12H2,1-2H3,(H2,17,18,19). The molecular formula is C16H26N2O3S. The molecule has 0 fully saturated rings. The van der Waals surface area contributed by atoms with E-state index in [0.29, 0.717) is 12.1 Å². The predicted molar refractivity (Wildman–Crippen MR) is 90.5 cm³/mol. The van der Waals surface area contributed by atoms with Crippen molar-refractivity contribution in [3.8, 4) is 0 Å². The zero-order valence-corrected chi connectivity index (χ0v) is 14.2. The van der Waals surface area contributed by atoms with Crippen LogP contribution in [0.2, 0.25) is 0 Å². The van der Waals surface area contributed by atoms with E-state index >= 15 is 0 Å². The number of rotatable bonds is 9. The van der Waals surface area contributed by atoms with Crippen LogP contribution in [0.3, 0.4) is 0 Å². The Bertz CT molecular complexity index is 571. The molecule has 124 valence electrons. The maximum atomic E-state index is 11.8. The summed E-state index contributed by atoms with van der Waals surface area (Å²) in [6, 6.07) is 6.48. The van der Waals surface area contributed by atoms with Gasteiger partial charge in [-0.2, -0.15) is 0 Å². The molecule has 5 nitrogen and oxygen atoms in total. The molecule has 0 saturated heterocycles. The van der Waals surface area contributed by atoms with E-state index in [4.69, 9.17) is 0 Å². The van der Waals surface area contributed by atoms with Crippen LogP contribution in [0.15, 0.2) is 24.3 Å². The minimum absolute atomic E-state index is 0.0135. The van der Waals surface area contributed by atoms with E-state index < -0.39 is 16.1 Å². The quantitative estimate of drug-likeness (QED) is 0.678. The van der Waals surface area contributed by atoms with Crippen LogP contribution in [-0.2, 0) is 10.0 Å². The molecule has 0 atom stereocenters. The zero-order valence-electron chi connectivity index (χ0n) is 13.4. The van der Waals surface area contributed by atoms with E-state index in [1.165, 1.54) is 12.8 Å². The first-order chi connectivity index (χ1) is 10.4. The molecule has 0 radical (unpaired) electrons. The lowest BCUT2D eigenvalue weighted by atomic mass is 10.1. The third kappa shape index (κ3) is 8.02. The van der Waals surface area contributed by atoms with E-state index in [1.807, 2.05) is 17.7 Å². The second kappa shape index (κ2) is 9.46. The SMILES string of the molecule is CCCCCCCCS(=O)(=O)NC(=O)Nc1cccc(C)c1. The summed E-state index contributed by atoms with van der Waals surface area (Å²) < 4.78 is 25.7. The van der Waals surface area contributed by atoms with Crippen LogP contribution < -0.4 is 10.0 Å². The summed E-state index contributed by atoms with van der Waals surface area (Å²) in [5.41, 5.74) is 1.57. The molecule has 0 bridgehead atoms. The maximum absolute atomic E-state index is 11.8. The highest BCUT2D eigenvalue weighted by Gasteiger charge is 2.14. The van der Waals surface area contributed by atoms with Gasteiger partial charge < -0.3 is 5.32 Å². The molecule has 0 saturated carbocycles. The van der Waals surface area contributed by atoms with Gasteiger partial charge in [-0.1, -0.05) is 51.2 Å². The minimum atomic E-state index is -3.57. The Labute approximate surface area is 133 Å². The van der Waals surface area contributed by atoms with Crippen molar-refractivity contribution in [2.75, 3.05) is 11.1 Å². The van der Waals surface area contributed by atoms with Gasteiger partial charge >= 0.3 is 6.03 Å². The molecule has 2 N–H and O–H groups in total. The van der Waals surface area contributed by atoms with Gasteiger partial charge in [0, 0.05) is 5.69 Å². The number of sulfonamides is 1. The van der Waals surface area contributed by atoms with Gasteiger partial charge in [0.15, 0.2) is 0 Å². The molecule has 2 amide bonds. The third-order valence-corrected chi connectivity index (χ3v) is 4.61. The fraction of sp³-hybridized carbons (Fsp3) is 0.562. The normalized spacial score (nSPS) is 11.2. The topological polar surface area (TPSA) is 75.3 Å². The molecule has 6 heteroatoms. The second-order valence-corrected chi connectivity index (χ2v) is 7.35. The number of hydrogen-bond acceptors (Lipinski definition) is 3. The van der Waals surface area contributed by atoms with Crippen molar-refractivity contribution in [3.05, 3.63) is 29.8 Å². The van der Waals surface area contributed by atoms with E-state index in [1.54, 1.807) is 18.2 Å². The molecule has 22 heavy (non-hydrogen) atoms. The molecule has 0 aliphatic carbocycles. The summed E-state index contributed by atoms with van der Waals surface area (Å²) in [7, 11) is -3.57. The number of urea groups is 1. The lowest BCUT2D eigenvalue weighted by Crippen LogP contribution is -2.35. The molecule has 1 aromatic rings. The van der Waals surface area contributed by atoms with Gasteiger partial charge in [0.2, 0.25) is 10.0 Å². The number of nitrogens with one attached hydrogen (secondary N) is 2. The lowest BCUT2D eigenvalue weighted by molar-refractivity contribution is 0.256. The fourth-order valence-electron chi connectivity index (χ4n) is 2.14. The number of carbonyl (C=O) groups is 1. The molecule has 1 rings (SSSR count). The highest BCUT2D eigenvalue weighted by atomic mass is 32.2. The first kappa shape index (κ1) is 18.5. The van der Waals surface area contributed by atoms with Gasteiger partial charge in [0.05, 0.1) is 5.75 Å². The smallest absolute Gasteiger partial charge is 0.307 e.